The summed E-state index contributed by atoms with van der Waals surface area (Å²) in [5.41, 5.74) is 1.59. The lowest BCUT2D eigenvalue weighted by molar-refractivity contribution is -0.116. The minimum absolute atomic E-state index is 0.0540. The van der Waals surface area contributed by atoms with Gasteiger partial charge in [0.1, 0.15) is 12.4 Å². The number of rotatable bonds is 5. The van der Waals surface area contributed by atoms with Crippen molar-refractivity contribution in [3.8, 4) is 0 Å². The van der Waals surface area contributed by atoms with Crippen molar-refractivity contribution in [2.45, 2.75) is 20.0 Å². The van der Waals surface area contributed by atoms with Gasteiger partial charge < -0.3 is 5.32 Å². The van der Waals surface area contributed by atoms with Crippen LogP contribution in [0.1, 0.15) is 11.3 Å². The van der Waals surface area contributed by atoms with Crippen LogP contribution in [0.3, 0.4) is 0 Å². The van der Waals surface area contributed by atoms with Gasteiger partial charge in [-0.1, -0.05) is 23.7 Å². The van der Waals surface area contributed by atoms with Gasteiger partial charge in [0.25, 0.3) is 0 Å². The van der Waals surface area contributed by atoms with E-state index in [1.165, 1.54) is 16.8 Å². The first-order valence-corrected chi connectivity index (χ1v) is 7.65. The van der Waals surface area contributed by atoms with Gasteiger partial charge in [-0.05, 0) is 24.6 Å². The molecule has 0 unspecified atom stereocenters. The SMILES string of the molecule is Cc1nn(CC(=O)Nc2ccn(Cc3ccc(F)cc3)n2)cc1Cl. The lowest BCUT2D eigenvalue weighted by Gasteiger charge is -2.03. The monoisotopic (exact) mass is 347 g/mol. The van der Waals surface area contributed by atoms with E-state index in [4.69, 9.17) is 11.6 Å². The van der Waals surface area contributed by atoms with Gasteiger partial charge in [-0.15, -0.1) is 0 Å². The Kier molecular flexibility index (Phi) is 4.61. The molecule has 1 amide bonds. The molecule has 0 spiro atoms. The minimum atomic E-state index is -0.277. The maximum Gasteiger partial charge on any atom is 0.247 e. The van der Waals surface area contributed by atoms with Crippen molar-refractivity contribution < 1.29 is 9.18 Å². The highest BCUT2D eigenvalue weighted by Crippen LogP contribution is 2.12. The predicted octanol–water partition coefficient (Wildman–Crippen LogP) is 2.87. The normalized spacial score (nSPS) is 10.8. The average molecular weight is 348 g/mol. The third-order valence-electron chi connectivity index (χ3n) is 3.36. The van der Waals surface area contributed by atoms with Crippen molar-refractivity contribution in [1.29, 1.82) is 0 Å². The molecule has 1 aromatic carbocycles. The summed E-state index contributed by atoms with van der Waals surface area (Å²) in [7, 11) is 0. The smallest absolute Gasteiger partial charge is 0.247 e. The minimum Gasteiger partial charge on any atom is -0.308 e. The summed E-state index contributed by atoms with van der Waals surface area (Å²) in [5.74, 6) is -0.0839. The van der Waals surface area contributed by atoms with Gasteiger partial charge in [-0.2, -0.15) is 10.2 Å². The highest BCUT2D eigenvalue weighted by Gasteiger charge is 2.09. The first-order valence-electron chi connectivity index (χ1n) is 7.27. The van der Waals surface area contributed by atoms with Gasteiger partial charge in [0.2, 0.25) is 5.91 Å². The second-order valence-electron chi connectivity index (χ2n) is 5.33. The number of hydrogen-bond donors (Lipinski definition) is 1. The van der Waals surface area contributed by atoms with E-state index in [0.717, 1.165) is 5.56 Å². The van der Waals surface area contributed by atoms with E-state index in [-0.39, 0.29) is 18.3 Å². The number of carbonyl (C=O) groups excluding carboxylic acids is 1. The summed E-state index contributed by atoms with van der Waals surface area (Å²) in [5, 5.41) is 11.6. The maximum absolute atomic E-state index is 12.9. The van der Waals surface area contributed by atoms with Gasteiger partial charge in [0.05, 0.1) is 17.3 Å². The molecule has 0 bridgehead atoms. The number of halogens is 2. The summed E-state index contributed by atoms with van der Waals surface area (Å²) in [6, 6.07) is 7.89. The van der Waals surface area contributed by atoms with Crippen LogP contribution in [-0.2, 0) is 17.9 Å². The van der Waals surface area contributed by atoms with Crippen LogP contribution in [0.25, 0.3) is 0 Å². The van der Waals surface area contributed by atoms with Crippen molar-refractivity contribution >= 4 is 23.3 Å². The highest BCUT2D eigenvalue weighted by molar-refractivity contribution is 6.31. The van der Waals surface area contributed by atoms with Crippen molar-refractivity contribution in [3.63, 3.8) is 0 Å². The maximum atomic E-state index is 12.9. The fourth-order valence-corrected chi connectivity index (χ4v) is 2.35. The number of nitrogens with zero attached hydrogens (tertiary/aromatic N) is 4. The standard InChI is InChI=1S/C16H15ClFN5O/c1-11-14(17)9-23(20-11)10-16(24)19-15-6-7-22(21-15)8-12-2-4-13(18)5-3-12/h2-7,9H,8,10H2,1H3,(H,19,21,24). The highest BCUT2D eigenvalue weighted by atomic mass is 35.5. The fourth-order valence-electron chi connectivity index (χ4n) is 2.20. The van der Waals surface area contributed by atoms with Gasteiger partial charge in [-0.3, -0.25) is 14.2 Å². The Hall–Kier alpha value is -2.67. The van der Waals surface area contributed by atoms with Crippen LogP contribution in [0.15, 0.2) is 42.7 Å². The van der Waals surface area contributed by atoms with Crippen LogP contribution < -0.4 is 5.32 Å². The molecule has 0 radical (unpaired) electrons. The molecule has 1 N–H and O–H groups in total. The van der Waals surface area contributed by atoms with Gasteiger partial charge >= 0.3 is 0 Å². The molecule has 2 aromatic heterocycles. The number of aryl methyl sites for hydroxylation is 1. The molecule has 0 aliphatic heterocycles. The number of amides is 1. The topological polar surface area (TPSA) is 64.7 Å². The summed E-state index contributed by atoms with van der Waals surface area (Å²) >= 11 is 5.91. The average Bonchev–Trinajstić information content (AvgIpc) is 3.08. The van der Waals surface area contributed by atoms with Crippen LogP contribution in [0.5, 0.6) is 0 Å². The quantitative estimate of drug-likeness (QED) is 0.771. The first kappa shape index (κ1) is 16.2. The summed E-state index contributed by atoms with van der Waals surface area (Å²) in [6.07, 6.45) is 3.34. The van der Waals surface area contributed by atoms with E-state index in [1.54, 1.807) is 42.2 Å². The summed E-state index contributed by atoms with van der Waals surface area (Å²) < 4.78 is 16.0. The number of hydrogen-bond acceptors (Lipinski definition) is 3. The van der Waals surface area contributed by atoms with E-state index >= 15 is 0 Å². The zero-order valence-corrected chi connectivity index (χ0v) is 13.7. The van der Waals surface area contributed by atoms with E-state index in [2.05, 4.69) is 15.5 Å². The molecule has 3 aromatic rings. The Morgan fingerprint density at radius 2 is 1.96 bits per heavy atom. The molecule has 3 rings (SSSR count). The van der Waals surface area contributed by atoms with Crippen LogP contribution >= 0.6 is 11.6 Å². The number of aromatic nitrogens is 4. The third kappa shape index (κ3) is 3.99. The Morgan fingerprint density at radius 3 is 2.62 bits per heavy atom. The third-order valence-corrected chi connectivity index (χ3v) is 3.73. The van der Waals surface area contributed by atoms with Crippen LogP contribution in [0, 0.1) is 12.7 Å². The molecule has 0 aliphatic rings. The van der Waals surface area contributed by atoms with Crippen LogP contribution in [0.2, 0.25) is 5.02 Å². The molecular formula is C16H15ClFN5O. The molecule has 0 fully saturated rings. The largest absolute Gasteiger partial charge is 0.308 e. The molecule has 0 saturated carbocycles. The molecular weight excluding hydrogens is 333 g/mol. The molecule has 0 aliphatic carbocycles. The Bertz CT molecular complexity index is 836. The summed E-state index contributed by atoms with van der Waals surface area (Å²) in [4.78, 5) is 12.0. The molecule has 6 nitrogen and oxygen atoms in total. The van der Waals surface area contributed by atoms with Crippen molar-refractivity contribution in [3.05, 3.63) is 64.8 Å². The summed E-state index contributed by atoms with van der Waals surface area (Å²) in [6.45, 7) is 2.32. The molecule has 124 valence electrons. The molecule has 0 atom stereocenters. The second-order valence-corrected chi connectivity index (χ2v) is 5.74. The van der Waals surface area contributed by atoms with Crippen molar-refractivity contribution in [2.24, 2.45) is 0 Å². The van der Waals surface area contributed by atoms with E-state index in [1.807, 2.05) is 0 Å². The number of nitrogens with one attached hydrogen (secondary N) is 1. The Balaban J connectivity index is 1.59. The lowest BCUT2D eigenvalue weighted by atomic mass is 10.2. The van der Waals surface area contributed by atoms with E-state index < -0.39 is 0 Å². The molecule has 8 heteroatoms. The van der Waals surface area contributed by atoms with E-state index in [9.17, 15) is 9.18 Å². The zero-order valence-electron chi connectivity index (χ0n) is 12.9. The number of carbonyl (C=O) groups is 1. The number of benzene rings is 1. The lowest BCUT2D eigenvalue weighted by Crippen LogP contribution is -2.19. The Labute approximate surface area is 142 Å². The van der Waals surface area contributed by atoms with Crippen LogP contribution in [-0.4, -0.2) is 25.5 Å². The van der Waals surface area contributed by atoms with Gasteiger partial charge in [-0.25, -0.2) is 4.39 Å². The molecule has 0 saturated heterocycles. The molecule has 2 heterocycles. The predicted molar refractivity (Wildman–Crippen MR) is 88.3 cm³/mol. The molecule has 24 heavy (non-hydrogen) atoms. The Morgan fingerprint density at radius 1 is 1.21 bits per heavy atom. The van der Waals surface area contributed by atoms with Crippen molar-refractivity contribution in [1.82, 2.24) is 19.6 Å². The van der Waals surface area contributed by atoms with Crippen LogP contribution in [0.4, 0.5) is 10.2 Å². The fraction of sp³-hybridized carbons (Fsp3) is 0.188. The zero-order chi connectivity index (χ0) is 17.1. The van der Waals surface area contributed by atoms with E-state index in [0.29, 0.717) is 23.1 Å². The van der Waals surface area contributed by atoms with Gasteiger partial charge in [0.15, 0.2) is 5.82 Å². The van der Waals surface area contributed by atoms with Gasteiger partial charge in [0, 0.05) is 18.5 Å². The number of anilines is 1. The first-order chi connectivity index (χ1) is 11.5. The second kappa shape index (κ2) is 6.84. The van der Waals surface area contributed by atoms with Crippen molar-refractivity contribution in [2.75, 3.05) is 5.32 Å².